The predicted molar refractivity (Wildman–Crippen MR) is 67.4 cm³/mol. The normalized spacial score (nSPS) is 23.4. The van der Waals surface area contributed by atoms with Crippen LogP contribution in [0.3, 0.4) is 0 Å². The molecule has 3 nitrogen and oxygen atoms in total. The molecule has 1 amide bonds. The van der Waals surface area contributed by atoms with Crippen molar-refractivity contribution in [2.45, 2.75) is 65.2 Å². The first kappa shape index (κ1) is 13.2. The first-order chi connectivity index (χ1) is 7.72. The van der Waals surface area contributed by atoms with Gasteiger partial charge in [0, 0.05) is 12.1 Å². The average Bonchev–Trinajstić information content (AvgIpc) is 2.27. The van der Waals surface area contributed by atoms with Gasteiger partial charge in [-0.25, -0.2) is 5.43 Å². The lowest BCUT2D eigenvalue weighted by molar-refractivity contribution is -0.121. The molecule has 0 heterocycles. The molecule has 0 radical (unpaired) electrons. The number of hydrazone groups is 1. The zero-order chi connectivity index (χ0) is 11.8. The topological polar surface area (TPSA) is 41.5 Å². The smallest absolute Gasteiger partial charge is 0.240 e. The number of carbonyl (C=O) groups excluding carboxylic acids is 1. The summed E-state index contributed by atoms with van der Waals surface area (Å²) in [6.45, 7) is 4.39. The molecule has 1 fully saturated rings. The van der Waals surface area contributed by atoms with E-state index in [4.69, 9.17) is 0 Å². The quantitative estimate of drug-likeness (QED) is 0.565. The van der Waals surface area contributed by atoms with E-state index in [0.29, 0.717) is 6.42 Å². The monoisotopic (exact) mass is 224 g/mol. The minimum absolute atomic E-state index is 0.0687. The molecule has 92 valence electrons. The molecule has 1 aliphatic rings. The van der Waals surface area contributed by atoms with E-state index in [0.717, 1.165) is 38.0 Å². The van der Waals surface area contributed by atoms with E-state index in [-0.39, 0.29) is 5.91 Å². The number of rotatable bonds is 5. The van der Waals surface area contributed by atoms with Gasteiger partial charge in [-0.05, 0) is 38.0 Å². The molecule has 0 spiro atoms. The van der Waals surface area contributed by atoms with Gasteiger partial charge in [-0.3, -0.25) is 4.79 Å². The van der Waals surface area contributed by atoms with E-state index in [1.54, 1.807) is 0 Å². The Kier molecular flexibility index (Phi) is 6.12. The summed E-state index contributed by atoms with van der Waals surface area (Å²) in [6.07, 6.45) is 8.48. The Bertz CT molecular complexity index is 248. The van der Waals surface area contributed by atoms with E-state index in [1.807, 2.05) is 0 Å². The maximum absolute atomic E-state index is 11.4. The van der Waals surface area contributed by atoms with Crippen molar-refractivity contribution in [3.05, 3.63) is 0 Å². The van der Waals surface area contributed by atoms with Crippen molar-refractivity contribution in [2.24, 2.45) is 11.0 Å². The van der Waals surface area contributed by atoms with E-state index in [2.05, 4.69) is 24.4 Å². The molecule has 1 aliphatic carbocycles. The first-order valence-electron chi connectivity index (χ1n) is 6.56. The SMILES string of the molecule is CCCCCC(=O)N/N=C1/CCCC(C)C1. The molecule has 1 N–H and O–H groups in total. The molecule has 0 aromatic heterocycles. The fraction of sp³-hybridized carbons (Fsp3) is 0.846. The van der Waals surface area contributed by atoms with Crippen LogP contribution in [0.5, 0.6) is 0 Å². The Morgan fingerprint density at radius 2 is 2.31 bits per heavy atom. The Labute approximate surface area is 98.7 Å². The van der Waals surface area contributed by atoms with Crippen LogP contribution in [0.15, 0.2) is 5.10 Å². The van der Waals surface area contributed by atoms with Gasteiger partial charge in [0.2, 0.25) is 5.91 Å². The van der Waals surface area contributed by atoms with Crippen LogP contribution < -0.4 is 5.43 Å². The van der Waals surface area contributed by atoms with Gasteiger partial charge in [0.1, 0.15) is 0 Å². The largest absolute Gasteiger partial charge is 0.273 e. The van der Waals surface area contributed by atoms with Crippen LogP contribution in [-0.2, 0) is 4.79 Å². The van der Waals surface area contributed by atoms with Gasteiger partial charge in [0.15, 0.2) is 0 Å². The van der Waals surface area contributed by atoms with Crippen LogP contribution in [0.1, 0.15) is 65.2 Å². The zero-order valence-corrected chi connectivity index (χ0v) is 10.6. The standard InChI is InChI=1S/C13H24N2O/c1-3-4-5-9-13(16)15-14-12-8-6-7-11(2)10-12/h11H,3-10H2,1-2H3,(H,15,16)/b14-12-. The maximum Gasteiger partial charge on any atom is 0.240 e. The molecule has 1 unspecified atom stereocenters. The number of nitrogens with one attached hydrogen (secondary N) is 1. The van der Waals surface area contributed by atoms with Crippen molar-refractivity contribution in [1.29, 1.82) is 0 Å². The second-order valence-electron chi connectivity index (χ2n) is 4.87. The lowest BCUT2D eigenvalue weighted by Crippen LogP contribution is -2.21. The molecule has 0 saturated heterocycles. The van der Waals surface area contributed by atoms with E-state index >= 15 is 0 Å². The van der Waals surface area contributed by atoms with Crippen molar-refractivity contribution >= 4 is 11.6 Å². The Hall–Kier alpha value is -0.860. The minimum atomic E-state index is 0.0687. The Morgan fingerprint density at radius 3 is 3.00 bits per heavy atom. The van der Waals surface area contributed by atoms with Crippen LogP contribution in [0.25, 0.3) is 0 Å². The lowest BCUT2D eigenvalue weighted by Gasteiger charge is -2.18. The summed E-state index contributed by atoms with van der Waals surface area (Å²) in [5.41, 5.74) is 3.85. The second kappa shape index (κ2) is 7.42. The van der Waals surface area contributed by atoms with E-state index < -0.39 is 0 Å². The number of hydrogen-bond donors (Lipinski definition) is 1. The summed E-state index contributed by atoms with van der Waals surface area (Å²) < 4.78 is 0. The Balaban J connectivity index is 2.21. The molecule has 1 rings (SSSR count). The molecule has 1 atom stereocenters. The molecular formula is C13H24N2O. The van der Waals surface area contributed by atoms with Crippen LogP contribution >= 0.6 is 0 Å². The van der Waals surface area contributed by atoms with Gasteiger partial charge in [0.25, 0.3) is 0 Å². The van der Waals surface area contributed by atoms with Gasteiger partial charge in [-0.1, -0.05) is 26.7 Å². The second-order valence-corrected chi connectivity index (χ2v) is 4.87. The first-order valence-corrected chi connectivity index (χ1v) is 6.56. The summed E-state index contributed by atoms with van der Waals surface area (Å²) in [7, 11) is 0. The third-order valence-corrected chi connectivity index (χ3v) is 3.09. The summed E-state index contributed by atoms with van der Waals surface area (Å²) in [5, 5.41) is 4.23. The summed E-state index contributed by atoms with van der Waals surface area (Å²) in [6, 6.07) is 0. The lowest BCUT2D eigenvalue weighted by atomic mass is 9.89. The van der Waals surface area contributed by atoms with Crippen molar-refractivity contribution in [2.75, 3.05) is 0 Å². The molecule has 16 heavy (non-hydrogen) atoms. The van der Waals surface area contributed by atoms with Crippen LogP contribution in [0.4, 0.5) is 0 Å². The number of amides is 1. The van der Waals surface area contributed by atoms with Crippen molar-refractivity contribution in [1.82, 2.24) is 5.43 Å². The highest BCUT2D eigenvalue weighted by Gasteiger charge is 2.14. The number of nitrogens with zero attached hydrogens (tertiary/aromatic N) is 1. The summed E-state index contributed by atoms with van der Waals surface area (Å²) in [5.74, 6) is 0.795. The van der Waals surface area contributed by atoms with Gasteiger partial charge in [-0.15, -0.1) is 0 Å². The third-order valence-electron chi connectivity index (χ3n) is 3.09. The highest BCUT2D eigenvalue weighted by atomic mass is 16.2. The van der Waals surface area contributed by atoms with Crippen LogP contribution in [0.2, 0.25) is 0 Å². The van der Waals surface area contributed by atoms with E-state index in [9.17, 15) is 4.79 Å². The van der Waals surface area contributed by atoms with Crippen LogP contribution in [0, 0.1) is 5.92 Å². The fourth-order valence-corrected chi connectivity index (χ4v) is 2.10. The molecular weight excluding hydrogens is 200 g/mol. The molecule has 1 saturated carbocycles. The van der Waals surface area contributed by atoms with Crippen LogP contribution in [-0.4, -0.2) is 11.6 Å². The molecule has 0 aliphatic heterocycles. The molecule has 0 bridgehead atoms. The van der Waals surface area contributed by atoms with Gasteiger partial charge in [-0.2, -0.15) is 5.10 Å². The highest BCUT2D eigenvalue weighted by Crippen LogP contribution is 2.20. The maximum atomic E-state index is 11.4. The molecule has 3 heteroatoms. The van der Waals surface area contributed by atoms with Crippen molar-refractivity contribution in [3.63, 3.8) is 0 Å². The van der Waals surface area contributed by atoms with Crippen molar-refractivity contribution in [3.8, 4) is 0 Å². The third kappa shape index (κ3) is 5.29. The number of unbranched alkanes of at least 4 members (excludes halogenated alkanes) is 2. The molecule has 0 aromatic carbocycles. The van der Waals surface area contributed by atoms with Gasteiger partial charge in [0.05, 0.1) is 0 Å². The zero-order valence-electron chi connectivity index (χ0n) is 10.6. The Morgan fingerprint density at radius 1 is 1.50 bits per heavy atom. The predicted octanol–water partition coefficient (Wildman–Crippen LogP) is 3.25. The van der Waals surface area contributed by atoms with Gasteiger partial charge >= 0.3 is 0 Å². The number of hydrogen-bond acceptors (Lipinski definition) is 2. The fourth-order valence-electron chi connectivity index (χ4n) is 2.10. The average molecular weight is 224 g/mol. The van der Waals surface area contributed by atoms with Crippen molar-refractivity contribution < 1.29 is 4.79 Å². The van der Waals surface area contributed by atoms with Gasteiger partial charge < -0.3 is 0 Å². The molecule has 0 aromatic rings. The summed E-state index contributed by atoms with van der Waals surface area (Å²) >= 11 is 0. The minimum Gasteiger partial charge on any atom is -0.273 e. The summed E-state index contributed by atoms with van der Waals surface area (Å²) in [4.78, 5) is 11.4. The number of carbonyl (C=O) groups is 1. The highest BCUT2D eigenvalue weighted by molar-refractivity contribution is 5.87. The van der Waals surface area contributed by atoms with E-state index in [1.165, 1.54) is 18.6 Å².